The Balaban J connectivity index is 3.23. The summed E-state index contributed by atoms with van der Waals surface area (Å²) in [6, 6.07) is 2.22. The predicted molar refractivity (Wildman–Crippen MR) is 57.6 cm³/mol. The maximum Gasteiger partial charge on any atom is 0.133 e. The molecule has 0 radical (unpaired) electrons. The van der Waals surface area contributed by atoms with Gasteiger partial charge in [-0.15, -0.1) is 0 Å². The lowest BCUT2D eigenvalue weighted by Gasteiger charge is -2.18. The highest BCUT2D eigenvalue weighted by molar-refractivity contribution is 5.51. The first-order valence-corrected chi connectivity index (χ1v) is 4.77. The van der Waals surface area contributed by atoms with Crippen molar-refractivity contribution in [3.8, 4) is 0 Å². The van der Waals surface area contributed by atoms with Gasteiger partial charge in [0.25, 0.3) is 0 Å². The minimum absolute atomic E-state index is 0.185. The molecule has 0 amide bonds. The molecule has 0 unspecified atom stereocenters. The third kappa shape index (κ3) is 2.79. The van der Waals surface area contributed by atoms with E-state index in [-0.39, 0.29) is 11.1 Å². The molecule has 0 aliphatic heterocycles. The molecule has 0 aliphatic carbocycles. The molecule has 4 heteroatoms. The number of hydrogen-bond acceptors (Lipinski definition) is 2. The second kappa shape index (κ2) is 4.61. The number of methoxy groups -OCH3 is 1. The fraction of sp³-hybridized carbons (Fsp3) is 0.333. The van der Waals surface area contributed by atoms with Crippen LogP contribution < -0.4 is 0 Å². The highest BCUT2D eigenvalue weighted by atomic mass is 19.1. The van der Waals surface area contributed by atoms with Crippen LogP contribution in [0.4, 0.5) is 8.78 Å². The Bertz CT molecular complexity index is 383. The first kappa shape index (κ1) is 12.6. The van der Waals surface area contributed by atoms with E-state index in [1.165, 1.54) is 33.3 Å². The third-order valence-electron chi connectivity index (χ3n) is 2.16. The molecule has 0 saturated carbocycles. The van der Waals surface area contributed by atoms with Crippen LogP contribution in [0.1, 0.15) is 25.0 Å². The number of rotatable bonds is 3. The van der Waals surface area contributed by atoms with E-state index in [1.54, 1.807) is 0 Å². The highest BCUT2D eigenvalue weighted by Crippen LogP contribution is 2.24. The molecule has 0 fully saturated rings. The van der Waals surface area contributed by atoms with Crippen molar-refractivity contribution < 1.29 is 18.6 Å². The molecule has 1 aromatic rings. The van der Waals surface area contributed by atoms with Gasteiger partial charge >= 0.3 is 0 Å². The van der Waals surface area contributed by atoms with E-state index in [2.05, 4.69) is 4.74 Å². The Morgan fingerprint density at radius 3 is 2.12 bits per heavy atom. The molecular formula is C12H14F2O2. The Morgan fingerprint density at radius 1 is 1.25 bits per heavy atom. The van der Waals surface area contributed by atoms with E-state index < -0.39 is 17.2 Å². The van der Waals surface area contributed by atoms with Gasteiger partial charge in [-0.1, -0.05) is 0 Å². The fourth-order valence-electron chi connectivity index (χ4n) is 1.23. The quantitative estimate of drug-likeness (QED) is 0.806. The van der Waals surface area contributed by atoms with Crippen molar-refractivity contribution in [2.24, 2.45) is 0 Å². The summed E-state index contributed by atoms with van der Waals surface area (Å²) in [6.07, 6.45) is 2.38. The monoisotopic (exact) mass is 228 g/mol. The average molecular weight is 228 g/mol. The molecule has 1 rings (SSSR count). The van der Waals surface area contributed by atoms with Crippen molar-refractivity contribution in [1.29, 1.82) is 0 Å². The van der Waals surface area contributed by atoms with Crippen LogP contribution in [0.5, 0.6) is 0 Å². The maximum absolute atomic E-state index is 13.5. The summed E-state index contributed by atoms with van der Waals surface area (Å²) in [5.41, 5.74) is -1.27. The molecule has 16 heavy (non-hydrogen) atoms. The molecule has 1 aromatic carbocycles. The zero-order valence-corrected chi connectivity index (χ0v) is 9.42. The number of ether oxygens (including phenoxy) is 1. The van der Waals surface area contributed by atoms with Crippen LogP contribution in [0, 0.1) is 11.6 Å². The van der Waals surface area contributed by atoms with E-state index in [1.807, 2.05) is 0 Å². The van der Waals surface area contributed by atoms with Gasteiger partial charge in [-0.3, -0.25) is 0 Å². The summed E-state index contributed by atoms with van der Waals surface area (Å²) in [7, 11) is 1.39. The van der Waals surface area contributed by atoms with Crippen LogP contribution in [0.3, 0.4) is 0 Å². The zero-order chi connectivity index (χ0) is 12.3. The van der Waals surface area contributed by atoms with E-state index >= 15 is 0 Å². The van der Waals surface area contributed by atoms with E-state index in [0.29, 0.717) is 0 Å². The van der Waals surface area contributed by atoms with Crippen molar-refractivity contribution in [1.82, 2.24) is 0 Å². The second-order valence-electron chi connectivity index (χ2n) is 3.95. The maximum atomic E-state index is 13.5. The molecule has 0 saturated heterocycles. The van der Waals surface area contributed by atoms with Gasteiger partial charge in [0.2, 0.25) is 0 Å². The molecule has 0 atom stereocenters. The molecule has 0 aromatic heterocycles. The minimum atomic E-state index is -1.27. The summed E-state index contributed by atoms with van der Waals surface area (Å²) in [5.74, 6) is -1.46. The molecule has 0 spiro atoms. The lowest BCUT2D eigenvalue weighted by molar-refractivity contribution is 0.0778. The van der Waals surface area contributed by atoms with Crippen LogP contribution in [0.15, 0.2) is 18.4 Å². The average Bonchev–Trinajstić information content (AvgIpc) is 2.15. The first-order valence-electron chi connectivity index (χ1n) is 4.77. The van der Waals surface area contributed by atoms with Gasteiger partial charge in [0.15, 0.2) is 0 Å². The van der Waals surface area contributed by atoms with Gasteiger partial charge < -0.3 is 9.84 Å². The minimum Gasteiger partial charge on any atom is -0.504 e. The molecule has 1 N–H and O–H groups in total. The summed E-state index contributed by atoms with van der Waals surface area (Å²) in [5, 5.41) is 9.63. The SMILES string of the molecule is CO/C=C/c1c(F)cc(C(C)(C)O)cc1F. The van der Waals surface area contributed by atoms with Gasteiger partial charge in [0, 0.05) is 5.56 Å². The summed E-state index contributed by atoms with van der Waals surface area (Å²) < 4.78 is 31.6. The number of hydrogen-bond donors (Lipinski definition) is 1. The van der Waals surface area contributed by atoms with Crippen molar-refractivity contribution in [3.63, 3.8) is 0 Å². The Morgan fingerprint density at radius 2 is 1.75 bits per heavy atom. The highest BCUT2D eigenvalue weighted by Gasteiger charge is 2.19. The summed E-state index contributed by atoms with van der Waals surface area (Å²) >= 11 is 0. The smallest absolute Gasteiger partial charge is 0.133 e. The molecule has 88 valence electrons. The zero-order valence-electron chi connectivity index (χ0n) is 9.42. The standard InChI is InChI=1S/C12H14F2O2/c1-12(2,15)8-6-10(13)9(4-5-16-3)11(14)7-8/h4-7,15H,1-3H3/b5-4+. The second-order valence-corrected chi connectivity index (χ2v) is 3.95. The summed E-state index contributed by atoms with van der Waals surface area (Å²) in [6.45, 7) is 2.93. The summed E-state index contributed by atoms with van der Waals surface area (Å²) in [4.78, 5) is 0. The van der Waals surface area contributed by atoms with Crippen molar-refractivity contribution in [2.75, 3.05) is 7.11 Å². The van der Waals surface area contributed by atoms with E-state index in [9.17, 15) is 13.9 Å². The molecule has 0 bridgehead atoms. The Hall–Kier alpha value is -1.42. The lowest BCUT2D eigenvalue weighted by Crippen LogP contribution is -2.16. The number of benzene rings is 1. The van der Waals surface area contributed by atoms with Crippen molar-refractivity contribution >= 4 is 6.08 Å². The molecular weight excluding hydrogens is 214 g/mol. The van der Waals surface area contributed by atoms with E-state index in [4.69, 9.17) is 0 Å². The number of halogens is 2. The van der Waals surface area contributed by atoms with Gasteiger partial charge in [0.05, 0.1) is 19.0 Å². The topological polar surface area (TPSA) is 29.5 Å². The number of aliphatic hydroxyl groups is 1. The molecule has 2 nitrogen and oxygen atoms in total. The Kier molecular flexibility index (Phi) is 3.65. The third-order valence-corrected chi connectivity index (χ3v) is 2.16. The predicted octanol–water partition coefficient (Wildman–Crippen LogP) is 2.81. The van der Waals surface area contributed by atoms with Crippen molar-refractivity contribution in [3.05, 3.63) is 41.2 Å². The molecule has 0 heterocycles. The van der Waals surface area contributed by atoms with Gasteiger partial charge in [-0.2, -0.15) is 0 Å². The van der Waals surface area contributed by atoms with E-state index in [0.717, 1.165) is 12.1 Å². The van der Waals surface area contributed by atoms with Crippen LogP contribution in [0.25, 0.3) is 6.08 Å². The lowest BCUT2D eigenvalue weighted by atomic mass is 9.96. The van der Waals surface area contributed by atoms with Crippen LogP contribution in [-0.4, -0.2) is 12.2 Å². The van der Waals surface area contributed by atoms with Gasteiger partial charge in [0.1, 0.15) is 11.6 Å². The van der Waals surface area contributed by atoms with Crippen LogP contribution >= 0.6 is 0 Å². The van der Waals surface area contributed by atoms with Gasteiger partial charge in [-0.25, -0.2) is 8.78 Å². The first-order chi connectivity index (χ1) is 7.36. The Labute approximate surface area is 93.2 Å². The van der Waals surface area contributed by atoms with Crippen molar-refractivity contribution in [2.45, 2.75) is 19.4 Å². The van der Waals surface area contributed by atoms with Gasteiger partial charge in [-0.05, 0) is 37.6 Å². The normalized spacial score (nSPS) is 12.1. The largest absolute Gasteiger partial charge is 0.504 e. The fourth-order valence-corrected chi connectivity index (χ4v) is 1.23. The van der Waals surface area contributed by atoms with Crippen LogP contribution in [0.2, 0.25) is 0 Å². The molecule has 0 aliphatic rings. The van der Waals surface area contributed by atoms with Crippen LogP contribution in [-0.2, 0) is 10.3 Å².